The Balaban J connectivity index is 3.25. The summed E-state index contributed by atoms with van der Waals surface area (Å²) in [5, 5.41) is 0.364. The van der Waals surface area contributed by atoms with Crippen LogP contribution in [0.2, 0.25) is 5.02 Å². The second-order valence-electron chi connectivity index (χ2n) is 1.98. The van der Waals surface area contributed by atoms with Gasteiger partial charge in [-0.2, -0.15) is 0 Å². The molecule has 0 radical (unpaired) electrons. The fraction of sp³-hybridized carbons (Fsp3) is 0.143. The summed E-state index contributed by atoms with van der Waals surface area (Å²) in [4.78, 5) is 0. The first kappa shape index (κ1) is 9.30. The van der Waals surface area contributed by atoms with Gasteiger partial charge < -0.3 is 0 Å². The van der Waals surface area contributed by atoms with Gasteiger partial charge in [-0.1, -0.05) is 27.5 Å². The normalized spacial score (nSPS) is 10.2. The van der Waals surface area contributed by atoms with Gasteiger partial charge in [0.1, 0.15) is 5.82 Å². The van der Waals surface area contributed by atoms with E-state index in [1.54, 1.807) is 6.07 Å². The predicted molar refractivity (Wildman–Crippen MR) is 48.7 cm³/mol. The first-order chi connectivity index (χ1) is 5.15. The summed E-state index contributed by atoms with van der Waals surface area (Å²) in [7, 11) is 0. The van der Waals surface area contributed by atoms with Gasteiger partial charge in [-0.05, 0) is 12.1 Å². The maximum atomic E-state index is 12.9. The Hall–Kier alpha value is 0.210. The number of hydrogen-bond donors (Lipinski definition) is 0. The Morgan fingerprint density at radius 2 is 2.09 bits per heavy atom. The van der Waals surface area contributed by atoms with Crippen LogP contribution >= 0.6 is 39.1 Å². The lowest BCUT2D eigenvalue weighted by molar-refractivity contribution is 0.616. The summed E-state index contributed by atoms with van der Waals surface area (Å²) < 4.78 is 13.5. The average molecular weight is 258 g/mol. The van der Waals surface area contributed by atoms with Gasteiger partial charge >= 0.3 is 0 Å². The van der Waals surface area contributed by atoms with Crippen LogP contribution in [0.3, 0.4) is 0 Å². The molecule has 0 aliphatic carbocycles. The fourth-order valence-electron chi connectivity index (χ4n) is 0.700. The molecule has 0 spiro atoms. The molecule has 0 heterocycles. The molecule has 0 saturated heterocycles. The van der Waals surface area contributed by atoms with Crippen molar-refractivity contribution < 1.29 is 4.39 Å². The van der Waals surface area contributed by atoms with Crippen LogP contribution in [0.25, 0.3) is 0 Å². The van der Waals surface area contributed by atoms with Crippen LogP contribution in [0.4, 0.5) is 4.39 Å². The fourth-order valence-corrected chi connectivity index (χ4v) is 2.05. The van der Waals surface area contributed by atoms with E-state index in [2.05, 4.69) is 15.9 Å². The second kappa shape index (κ2) is 3.74. The van der Waals surface area contributed by atoms with Crippen molar-refractivity contribution in [1.82, 2.24) is 0 Å². The van der Waals surface area contributed by atoms with Crippen molar-refractivity contribution in [2.45, 2.75) is 5.88 Å². The Morgan fingerprint density at radius 3 is 2.55 bits per heavy atom. The topological polar surface area (TPSA) is 0 Å². The standard InChI is InChI=1S/C7H4BrCl2F/c8-6-1-4(10)2-7(11)5(6)3-9/h1-2H,3H2. The van der Waals surface area contributed by atoms with Gasteiger partial charge in [0.05, 0.1) is 5.88 Å². The van der Waals surface area contributed by atoms with E-state index < -0.39 is 0 Å². The van der Waals surface area contributed by atoms with Crippen molar-refractivity contribution in [2.75, 3.05) is 0 Å². The van der Waals surface area contributed by atoms with Crippen LogP contribution in [0.1, 0.15) is 5.56 Å². The molecule has 0 amide bonds. The van der Waals surface area contributed by atoms with Gasteiger partial charge in [0, 0.05) is 15.1 Å². The first-order valence-corrected chi connectivity index (χ1v) is 4.55. The molecule has 0 saturated carbocycles. The molecule has 0 fully saturated rings. The van der Waals surface area contributed by atoms with E-state index in [-0.39, 0.29) is 11.7 Å². The van der Waals surface area contributed by atoms with E-state index in [1.807, 2.05) is 0 Å². The maximum absolute atomic E-state index is 12.9. The van der Waals surface area contributed by atoms with Crippen LogP contribution in [-0.4, -0.2) is 0 Å². The number of halogens is 4. The number of hydrogen-bond acceptors (Lipinski definition) is 0. The third-order valence-electron chi connectivity index (χ3n) is 1.24. The summed E-state index contributed by atoms with van der Waals surface area (Å²) in [6.45, 7) is 0. The van der Waals surface area contributed by atoms with Crippen molar-refractivity contribution in [3.05, 3.63) is 33.0 Å². The average Bonchev–Trinajstić information content (AvgIpc) is 1.85. The lowest BCUT2D eigenvalue weighted by atomic mass is 10.2. The maximum Gasteiger partial charge on any atom is 0.130 e. The van der Waals surface area contributed by atoms with Crippen molar-refractivity contribution in [3.8, 4) is 0 Å². The molecular formula is C7H4BrCl2F. The Labute approximate surface area is 82.4 Å². The molecule has 1 rings (SSSR count). The Bertz CT molecular complexity index is 252. The Morgan fingerprint density at radius 1 is 1.45 bits per heavy atom. The molecule has 0 bridgehead atoms. The Kier molecular flexibility index (Phi) is 3.16. The molecule has 0 nitrogen and oxygen atoms in total. The highest BCUT2D eigenvalue weighted by molar-refractivity contribution is 9.10. The zero-order valence-corrected chi connectivity index (χ0v) is 8.47. The van der Waals surface area contributed by atoms with E-state index in [1.165, 1.54) is 6.07 Å². The van der Waals surface area contributed by atoms with Gasteiger partial charge in [-0.15, -0.1) is 11.6 Å². The minimum Gasteiger partial charge on any atom is -0.207 e. The van der Waals surface area contributed by atoms with Gasteiger partial charge in [-0.3, -0.25) is 0 Å². The van der Waals surface area contributed by atoms with Crippen LogP contribution in [0, 0.1) is 5.82 Å². The molecule has 11 heavy (non-hydrogen) atoms. The quantitative estimate of drug-likeness (QED) is 0.668. The highest BCUT2D eigenvalue weighted by atomic mass is 79.9. The van der Waals surface area contributed by atoms with E-state index in [0.29, 0.717) is 15.1 Å². The monoisotopic (exact) mass is 256 g/mol. The number of alkyl halides is 1. The van der Waals surface area contributed by atoms with Crippen LogP contribution < -0.4 is 0 Å². The lowest BCUT2D eigenvalue weighted by Gasteiger charge is -2.01. The zero-order chi connectivity index (χ0) is 8.43. The summed E-state index contributed by atoms with van der Waals surface area (Å²) in [5.74, 6) is -0.233. The van der Waals surface area contributed by atoms with E-state index in [4.69, 9.17) is 23.2 Å². The molecule has 4 heteroatoms. The molecule has 0 aliphatic heterocycles. The van der Waals surface area contributed by atoms with Gasteiger partial charge in [-0.25, -0.2) is 4.39 Å². The van der Waals surface area contributed by atoms with Crippen LogP contribution in [0.15, 0.2) is 16.6 Å². The summed E-state index contributed by atoms with van der Waals surface area (Å²) in [5.41, 5.74) is 0.441. The molecular weight excluding hydrogens is 254 g/mol. The van der Waals surface area contributed by atoms with Gasteiger partial charge in [0.15, 0.2) is 0 Å². The summed E-state index contributed by atoms with van der Waals surface area (Å²) in [6, 6.07) is 2.85. The third kappa shape index (κ3) is 2.08. The molecule has 0 aromatic heterocycles. The minimum absolute atomic E-state index is 0.142. The van der Waals surface area contributed by atoms with Crippen LogP contribution in [0.5, 0.6) is 0 Å². The van der Waals surface area contributed by atoms with Crippen molar-refractivity contribution >= 4 is 39.1 Å². The highest BCUT2D eigenvalue weighted by Crippen LogP contribution is 2.25. The largest absolute Gasteiger partial charge is 0.207 e. The molecule has 0 N–H and O–H groups in total. The first-order valence-electron chi connectivity index (χ1n) is 2.84. The summed E-state index contributed by atoms with van der Waals surface area (Å²) >= 11 is 14.2. The SMILES string of the molecule is Fc1cc(Cl)cc(Br)c1CCl. The molecule has 0 unspecified atom stereocenters. The van der Waals surface area contributed by atoms with Gasteiger partial charge in [0.25, 0.3) is 0 Å². The molecule has 0 aliphatic rings. The van der Waals surface area contributed by atoms with Crippen molar-refractivity contribution in [3.63, 3.8) is 0 Å². The zero-order valence-electron chi connectivity index (χ0n) is 5.37. The van der Waals surface area contributed by atoms with Gasteiger partial charge in [0.2, 0.25) is 0 Å². The van der Waals surface area contributed by atoms with Crippen molar-refractivity contribution in [1.29, 1.82) is 0 Å². The second-order valence-corrected chi connectivity index (χ2v) is 3.54. The lowest BCUT2D eigenvalue weighted by Crippen LogP contribution is -1.87. The third-order valence-corrected chi connectivity index (χ3v) is 2.43. The molecule has 1 aromatic carbocycles. The van der Waals surface area contributed by atoms with Crippen LogP contribution in [-0.2, 0) is 5.88 Å². The highest BCUT2D eigenvalue weighted by Gasteiger charge is 2.06. The number of rotatable bonds is 1. The molecule has 0 atom stereocenters. The summed E-state index contributed by atoms with van der Waals surface area (Å²) in [6.07, 6.45) is 0. The van der Waals surface area contributed by atoms with Crippen molar-refractivity contribution in [2.24, 2.45) is 0 Å². The molecule has 1 aromatic rings. The molecule has 60 valence electrons. The number of benzene rings is 1. The predicted octanol–water partition coefficient (Wildman–Crippen LogP) is 3.98. The van der Waals surface area contributed by atoms with E-state index in [0.717, 1.165) is 0 Å². The smallest absolute Gasteiger partial charge is 0.130 e. The minimum atomic E-state index is -0.376. The van der Waals surface area contributed by atoms with E-state index in [9.17, 15) is 4.39 Å². The van der Waals surface area contributed by atoms with E-state index >= 15 is 0 Å².